The minimum absolute atomic E-state index is 0.208. The highest BCUT2D eigenvalue weighted by Crippen LogP contribution is 2.37. The van der Waals surface area contributed by atoms with Crippen molar-refractivity contribution in [2.45, 2.75) is 25.0 Å². The monoisotopic (exact) mass is 208 g/mol. The van der Waals surface area contributed by atoms with Gasteiger partial charge in [0, 0.05) is 0 Å². The third-order valence-electron chi connectivity index (χ3n) is 2.28. The van der Waals surface area contributed by atoms with E-state index in [1.54, 1.807) is 0 Å². The quantitative estimate of drug-likeness (QED) is 0.625. The highest BCUT2D eigenvalue weighted by atomic mass is 32.3. The van der Waals surface area contributed by atoms with Crippen LogP contribution in [0.2, 0.25) is 0 Å². The van der Waals surface area contributed by atoms with Crippen molar-refractivity contribution >= 4 is 16.4 Å². The van der Waals surface area contributed by atoms with Crippen LogP contribution >= 0.6 is 0 Å². The number of hydrogen-bond donors (Lipinski definition) is 1. The third kappa shape index (κ3) is 1.54. The molecule has 0 radical (unpaired) electrons. The molecule has 0 aromatic carbocycles. The van der Waals surface area contributed by atoms with Crippen LogP contribution < -0.4 is 0 Å². The summed E-state index contributed by atoms with van der Waals surface area (Å²) in [6, 6.07) is 0. The molecule has 6 nitrogen and oxygen atoms in total. The standard InChI is InChI=1S/C6H8O6S/c7-6(8)3-1-4-5(2-3)12-13(9,10)11-4/h3-5H,1-2H2,(H,7,8)/t3-,4-,5+. The lowest BCUT2D eigenvalue weighted by Crippen LogP contribution is -2.13. The molecule has 1 saturated carbocycles. The molecule has 1 aliphatic heterocycles. The summed E-state index contributed by atoms with van der Waals surface area (Å²) < 4.78 is 30.5. The van der Waals surface area contributed by atoms with Crippen LogP contribution in [0.4, 0.5) is 0 Å². The number of fused-ring (bicyclic) bond motifs is 1. The van der Waals surface area contributed by atoms with E-state index < -0.39 is 34.5 Å². The van der Waals surface area contributed by atoms with Crippen molar-refractivity contribution in [1.29, 1.82) is 0 Å². The minimum atomic E-state index is -3.85. The first-order chi connectivity index (χ1) is 5.98. The predicted octanol–water partition coefficient (Wildman–Crippen LogP) is -0.490. The first-order valence-electron chi connectivity index (χ1n) is 3.82. The lowest BCUT2D eigenvalue weighted by Gasteiger charge is -2.03. The average molecular weight is 208 g/mol. The van der Waals surface area contributed by atoms with Crippen LogP contribution in [0.15, 0.2) is 0 Å². The molecule has 0 bridgehead atoms. The molecule has 7 heteroatoms. The lowest BCUT2D eigenvalue weighted by molar-refractivity contribution is -0.141. The highest BCUT2D eigenvalue weighted by Gasteiger charge is 2.49. The highest BCUT2D eigenvalue weighted by molar-refractivity contribution is 7.82. The fourth-order valence-corrected chi connectivity index (χ4v) is 2.75. The Balaban J connectivity index is 2.09. The molecular weight excluding hydrogens is 200 g/mol. The van der Waals surface area contributed by atoms with E-state index in [4.69, 9.17) is 5.11 Å². The number of carbonyl (C=O) groups is 1. The molecule has 0 aromatic heterocycles. The normalized spacial score (nSPS) is 41.7. The van der Waals surface area contributed by atoms with Crippen molar-refractivity contribution in [3.8, 4) is 0 Å². The van der Waals surface area contributed by atoms with Gasteiger partial charge in [-0.15, -0.1) is 0 Å². The maximum absolute atomic E-state index is 10.7. The molecule has 1 N–H and O–H groups in total. The van der Waals surface area contributed by atoms with Gasteiger partial charge in [0.25, 0.3) is 0 Å². The fourth-order valence-electron chi connectivity index (χ4n) is 1.69. The molecule has 2 aliphatic rings. The zero-order chi connectivity index (χ0) is 9.64. The van der Waals surface area contributed by atoms with Gasteiger partial charge < -0.3 is 5.11 Å². The minimum Gasteiger partial charge on any atom is -0.481 e. The predicted molar refractivity (Wildman–Crippen MR) is 39.0 cm³/mol. The number of aliphatic carboxylic acids is 1. The first-order valence-corrected chi connectivity index (χ1v) is 5.15. The van der Waals surface area contributed by atoms with Crippen molar-refractivity contribution in [2.75, 3.05) is 0 Å². The van der Waals surface area contributed by atoms with Gasteiger partial charge in [0.1, 0.15) is 12.2 Å². The first kappa shape index (κ1) is 8.92. The summed E-state index contributed by atoms with van der Waals surface area (Å²) in [5, 5.41) is 8.64. The Morgan fingerprint density at radius 3 is 2.08 bits per heavy atom. The summed E-state index contributed by atoms with van der Waals surface area (Å²) in [6.45, 7) is 0. The summed E-state index contributed by atoms with van der Waals surface area (Å²) >= 11 is 0. The average Bonchev–Trinajstić information content (AvgIpc) is 2.39. The van der Waals surface area contributed by atoms with Crippen LogP contribution in [-0.4, -0.2) is 31.7 Å². The van der Waals surface area contributed by atoms with Crippen molar-refractivity contribution in [3.05, 3.63) is 0 Å². The molecule has 0 unspecified atom stereocenters. The van der Waals surface area contributed by atoms with E-state index in [0.717, 1.165) is 0 Å². The van der Waals surface area contributed by atoms with Gasteiger partial charge in [-0.2, -0.15) is 8.42 Å². The molecule has 74 valence electrons. The molecular formula is C6H8O6S. The SMILES string of the molecule is O=C(O)[C@H]1C[C@@H]2OS(=O)(=O)O[C@@H]2C1. The Morgan fingerprint density at radius 2 is 1.69 bits per heavy atom. The van der Waals surface area contributed by atoms with Gasteiger partial charge >= 0.3 is 16.4 Å². The maximum Gasteiger partial charge on any atom is 0.400 e. The van der Waals surface area contributed by atoms with Crippen LogP contribution in [0.5, 0.6) is 0 Å². The molecule has 1 heterocycles. The van der Waals surface area contributed by atoms with Gasteiger partial charge in [-0.25, -0.2) is 8.37 Å². The topological polar surface area (TPSA) is 89.9 Å². The van der Waals surface area contributed by atoms with E-state index in [9.17, 15) is 13.2 Å². The van der Waals surface area contributed by atoms with E-state index in [1.165, 1.54) is 0 Å². The van der Waals surface area contributed by atoms with Crippen LogP contribution in [0.3, 0.4) is 0 Å². The van der Waals surface area contributed by atoms with Crippen molar-refractivity contribution < 1.29 is 26.7 Å². The molecule has 0 amide bonds. The van der Waals surface area contributed by atoms with Crippen molar-refractivity contribution in [1.82, 2.24) is 0 Å². The van der Waals surface area contributed by atoms with Gasteiger partial charge in [-0.3, -0.25) is 4.79 Å². The Hall–Kier alpha value is -0.660. The van der Waals surface area contributed by atoms with Gasteiger partial charge in [-0.05, 0) is 12.8 Å². The summed E-state index contributed by atoms with van der Waals surface area (Å²) in [7, 11) is -3.85. The second-order valence-electron chi connectivity index (χ2n) is 3.18. The summed E-state index contributed by atoms with van der Waals surface area (Å²) in [5.41, 5.74) is 0. The molecule has 1 saturated heterocycles. The second kappa shape index (κ2) is 2.66. The van der Waals surface area contributed by atoms with Crippen LogP contribution in [0, 0.1) is 5.92 Å². The number of rotatable bonds is 1. The largest absolute Gasteiger partial charge is 0.481 e. The molecule has 0 aromatic rings. The second-order valence-corrected chi connectivity index (χ2v) is 4.39. The van der Waals surface area contributed by atoms with E-state index >= 15 is 0 Å². The summed E-state index contributed by atoms with van der Waals surface area (Å²) in [6.07, 6.45) is -0.796. The number of hydrogen-bond acceptors (Lipinski definition) is 5. The fraction of sp³-hybridized carbons (Fsp3) is 0.833. The number of carboxylic acid groups (broad SMARTS) is 1. The van der Waals surface area contributed by atoms with Gasteiger partial charge in [-0.1, -0.05) is 0 Å². The van der Waals surface area contributed by atoms with Crippen molar-refractivity contribution in [3.63, 3.8) is 0 Å². The Bertz CT molecular complexity index is 313. The Labute approximate surface area is 74.8 Å². The van der Waals surface area contributed by atoms with Crippen LogP contribution in [-0.2, 0) is 23.6 Å². The van der Waals surface area contributed by atoms with Gasteiger partial charge in [0.15, 0.2) is 0 Å². The van der Waals surface area contributed by atoms with Gasteiger partial charge in [0.2, 0.25) is 0 Å². The summed E-state index contributed by atoms with van der Waals surface area (Å²) in [4.78, 5) is 10.5. The number of carboxylic acids is 1. The summed E-state index contributed by atoms with van der Waals surface area (Å²) in [5.74, 6) is -1.48. The van der Waals surface area contributed by atoms with E-state index in [1.807, 2.05) is 0 Å². The third-order valence-corrected chi connectivity index (χ3v) is 3.25. The zero-order valence-electron chi connectivity index (χ0n) is 6.54. The molecule has 2 rings (SSSR count). The van der Waals surface area contributed by atoms with E-state index in [2.05, 4.69) is 8.37 Å². The Morgan fingerprint density at radius 1 is 1.23 bits per heavy atom. The maximum atomic E-state index is 10.7. The lowest BCUT2D eigenvalue weighted by atomic mass is 10.1. The molecule has 0 spiro atoms. The molecule has 1 aliphatic carbocycles. The molecule has 13 heavy (non-hydrogen) atoms. The van der Waals surface area contributed by atoms with Crippen LogP contribution in [0.25, 0.3) is 0 Å². The molecule has 3 atom stereocenters. The zero-order valence-corrected chi connectivity index (χ0v) is 7.36. The van der Waals surface area contributed by atoms with Crippen LogP contribution in [0.1, 0.15) is 12.8 Å². The smallest absolute Gasteiger partial charge is 0.400 e. The van der Waals surface area contributed by atoms with E-state index in [-0.39, 0.29) is 12.8 Å². The van der Waals surface area contributed by atoms with Gasteiger partial charge in [0.05, 0.1) is 5.92 Å². The molecule has 2 fully saturated rings. The van der Waals surface area contributed by atoms with E-state index in [0.29, 0.717) is 0 Å². The van der Waals surface area contributed by atoms with Crippen molar-refractivity contribution in [2.24, 2.45) is 5.92 Å². The Kier molecular flexibility index (Phi) is 1.83.